The Labute approximate surface area is 156 Å². The number of carbonyl (C=O) groups is 3. The van der Waals surface area contributed by atoms with Crippen LogP contribution in [0.3, 0.4) is 0 Å². The van der Waals surface area contributed by atoms with E-state index in [9.17, 15) is 14.4 Å². The highest BCUT2D eigenvalue weighted by Gasteiger charge is 2.52. The second kappa shape index (κ2) is 6.64. The highest BCUT2D eigenvalue weighted by atomic mass is 32.1. The van der Waals surface area contributed by atoms with E-state index in [0.29, 0.717) is 29.8 Å². The molecule has 1 aromatic heterocycles. The minimum atomic E-state index is -0.802. The first-order chi connectivity index (χ1) is 12.5. The molecule has 0 atom stereocenters. The molecule has 3 aliphatic rings. The molecule has 1 saturated heterocycles. The molecule has 7 nitrogen and oxygen atoms in total. The molecule has 2 N–H and O–H groups in total. The van der Waals surface area contributed by atoms with Crippen LogP contribution in [0.15, 0.2) is 5.38 Å². The van der Waals surface area contributed by atoms with E-state index in [1.54, 1.807) is 0 Å². The standard InChI is InChI=1S/C18H24N4O3S/c1-2-11-5-7-18(8-6-11)15(24)22(17(25)21-18)9-14(23)20-16-19-13(10-26-16)12-3-4-12/h10-12H,2-9H2,1H3,(H,21,25)(H,19,20,23). The lowest BCUT2D eigenvalue weighted by Crippen LogP contribution is -2.49. The first-order valence-electron chi connectivity index (χ1n) is 9.40. The Hall–Kier alpha value is -1.96. The normalized spacial score (nSPS) is 28.5. The zero-order chi connectivity index (χ0) is 18.3. The predicted molar refractivity (Wildman–Crippen MR) is 97.9 cm³/mol. The molecule has 0 radical (unpaired) electrons. The molecule has 2 aliphatic carbocycles. The van der Waals surface area contributed by atoms with Gasteiger partial charge in [0.2, 0.25) is 5.91 Å². The summed E-state index contributed by atoms with van der Waals surface area (Å²) in [5.74, 6) is 0.503. The summed E-state index contributed by atoms with van der Waals surface area (Å²) in [7, 11) is 0. The van der Waals surface area contributed by atoms with Gasteiger partial charge in [-0.2, -0.15) is 0 Å². The molecular weight excluding hydrogens is 352 g/mol. The molecule has 0 unspecified atom stereocenters. The van der Waals surface area contributed by atoms with Crippen molar-refractivity contribution < 1.29 is 14.4 Å². The van der Waals surface area contributed by atoms with Crippen molar-refractivity contribution in [3.63, 3.8) is 0 Å². The Kier molecular flexibility index (Phi) is 4.46. The third kappa shape index (κ3) is 3.22. The molecular formula is C18H24N4O3S. The second-order valence-electron chi connectivity index (χ2n) is 7.66. The summed E-state index contributed by atoms with van der Waals surface area (Å²) in [6, 6.07) is -0.460. The van der Waals surface area contributed by atoms with Crippen molar-refractivity contribution in [1.29, 1.82) is 0 Å². The molecule has 1 spiro atoms. The van der Waals surface area contributed by atoms with Gasteiger partial charge in [0, 0.05) is 11.3 Å². The first kappa shape index (κ1) is 17.5. The van der Waals surface area contributed by atoms with Crippen LogP contribution in [0.2, 0.25) is 0 Å². The number of carbonyl (C=O) groups excluding carboxylic acids is 3. The minimum Gasteiger partial charge on any atom is -0.323 e. The molecule has 4 rings (SSSR count). The van der Waals surface area contributed by atoms with E-state index in [4.69, 9.17) is 0 Å². The van der Waals surface area contributed by atoms with Crippen LogP contribution < -0.4 is 10.6 Å². The number of urea groups is 1. The Morgan fingerprint density at radius 1 is 1.35 bits per heavy atom. The summed E-state index contributed by atoms with van der Waals surface area (Å²) < 4.78 is 0. The number of nitrogens with zero attached hydrogens (tertiary/aromatic N) is 2. The van der Waals surface area contributed by atoms with Crippen LogP contribution in [0.1, 0.15) is 63.5 Å². The van der Waals surface area contributed by atoms with E-state index in [1.807, 2.05) is 5.38 Å². The maximum absolute atomic E-state index is 12.8. The van der Waals surface area contributed by atoms with Crippen LogP contribution in [-0.4, -0.2) is 39.8 Å². The van der Waals surface area contributed by atoms with Crippen LogP contribution in [0.4, 0.5) is 9.93 Å². The lowest BCUT2D eigenvalue weighted by Gasteiger charge is -2.34. The number of rotatable bonds is 5. The molecule has 2 heterocycles. The van der Waals surface area contributed by atoms with E-state index in [1.165, 1.54) is 11.3 Å². The third-order valence-electron chi connectivity index (χ3n) is 5.85. The van der Waals surface area contributed by atoms with Crippen LogP contribution >= 0.6 is 11.3 Å². The second-order valence-corrected chi connectivity index (χ2v) is 8.51. The molecule has 26 heavy (non-hydrogen) atoms. The van der Waals surface area contributed by atoms with E-state index < -0.39 is 11.6 Å². The molecule has 4 amide bonds. The van der Waals surface area contributed by atoms with Gasteiger partial charge < -0.3 is 10.6 Å². The molecule has 3 fully saturated rings. The van der Waals surface area contributed by atoms with Gasteiger partial charge in [0.05, 0.1) is 5.69 Å². The van der Waals surface area contributed by atoms with Gasteiger partial charge >= 0.3 is 6.03 Å². The SMILES string of the molecule is CCC1CCC2(CC1)NC(=O)N(CC(=O)Nc1nc(C3CC3)cs1)C2=O. The van der Waals surface area contributed by atoms with Crippen LogP contribution in [0, 0.1) is 5.92 Å². The fraction of sp³-hybridized carbons (Fsp3) is 0.667. The minimum absolute atomic E-state index is 0.259. The monoisotopic (exact) mass is 376 g/mol. The average molecular weight is 376 g/mol. The largest absolute Gasteiger partial charge is 0.325 e. The Balaban J connectivity index is 1.37. The van der Waals surface area contributed by atoms with Crippen molar-refractivity contribution in [3.05, 3.63) is 11.1 Å². The summed E-state index contributed by atoms with van der Waals surface area (Å²) in [6.45, 7) is 1.89. The van der Waals surface area contributed by atoms with Gasteiger partial charge in [-0.1, -0.05) is 13.3 Å². The van der Waals surface area contributed by atoms with Gasteiger partial charge in [-0.15, -0.1) is 11.3 Å². The number of aromatic nitrogens is 1. The summed E-state index contributed by atoms with van der Waals surface area (Å²) in [5.41, 5.74) is 0.218. The Morgan fingerprint density at radius 2 is 2.08 bits per heavy atom. The fourth-order valence-corrected chi connectivity index (χ4v) is 4.76. The van der Waals surface area contributed by atoms with Gasteiger partial charge in [0.1, 0.15) is 12.1 Å². The number of hydrogen-bond donors (Lipinski definition) is 2. The number of anilines is 1. The van der Waals surface area contributed by atoms with Crippen molar-refractivity contribution >= 4 is 34.3 Å². The number of imide groups is 1. The molecule has 140 valence electrons. The highest BCUT2D eigenvalue weighted by molar-refractivity contribution is 7.13. The molecule has 8 heteroatoms. The van der Waals surface area contributed by atoms with E-state index in [0.717, 1.165) is 42.7 Å². The van der Waals surface area contributed by atoms with Crippen molar-refractivity contribution in [2.45, 2.75) is 63.3 Å². The molecule has 1 aliphatic heterocycles. The van der Waals surface area contributed by atoms with Crippen LogP contribution in [0.5, 0.6) is 0 Å². The first-order valence-corrected chi connectivity index (χ1v) is 10.3. The van der Waals surface area contributed by atoms with E-state index >= 15 is 0 Å². The van der Waals surface area contributed by atoms with Crippen LogP contribution in [0.25, 0.3) is 0 Å². The lowest BCUT2D eigenvalue weighted by atomic mass is 9.75. The van der Waals surface area contributed by atoms with Gasteiger partial charge in [0.15, 0.2) is 5.13 Å². The Bertz CT molecular complexity index is 735. The molecule has 0 bridgehead atoms. The van der Waals surface area contributed by atoms with Crippen molar-refractivity contribution in [2.24, 2.45) is 5.92 Å². The zero-order valence-electron chi connectivity index (χ0n) is 14.9. The maximum Gasteiger partial charge on any atom is 0.325 e. The van der Waals surface area contributed by atoms with Crippen molar-refractivity contribution in [3.8, 4) is 0 Å². The zero-order valence-corrected chi connectivity index (χ0v) is 15.7. The van der Waals surface area contributed by atoms with Gasteiger partial charge in [-0.25, -0.2) is 9.78 Å². The third-order valence-corrected chi connectivity index (χ3v) is 6.62. The molecule has 2 saturated carbocycles. The molecule has 0 aromatic carbocycles. The van der Waals surface area contributed by atoms with Gasteiger partial charge in [0.25, 0.3) is 5.91 Å². The average Bonchev–Trinajstić information content (AvgIpc) is 3.34. The van der Waals surface area contributed by atoms with E-state index in [2.05, 4.69) is 22.5 Å². The number of thiazole rings is 1. The van der Waals surface area contributed by atoms with Crippen molar-refractivity contribution in [2.75, 3.05) is 11.9 Å². The number of amides is 4. The topological polar surface area (TPSA) is 91.4 Å². The number of nitrogens with one attached hydrogen (secondary N) is 2. The summed E-state index contributed by atoms with van der Waals surface area (Å²) in [4.78, 5) is 42.9. The van der Waals surface area contributed by atoms with Crippen LogP contribution in [-0.2, 0) is 9.59 Å². The van der Waals surface area contributed by atoms with E-state index in [-0.39, 0.29) is 18.4 Å². The smallest absolute Gasteiger partial charge is 0.323 e. The van der Waals surface area contributed by atoms with Crippen molar-refractivity contribution in [1.82, 2.24) is 15.2 Å². The quantitative estimate of drug-likeness (QED) is 0.773. The number of hydrogen-bond acceptors (Lipinski definition) is 5. The maximum atomic E-state index is 12.8. The van der Waals surface area contributed by atoms with Gasteiger partial charge in [-0.3, -0.25) is 14.5 Å². The fourth-order valence-electron chi connectivity index (χ4n) is 3.95. The summed E-state index contributed by atoms with van der Waals surface area (Å²) in [5, 5.41) is 8.06. The highest BCUT2D eigenvalue weighted by Crippen LogP contribution is 2.41. The Morgan fingerprint density at radius 3 is 2.73 bits per heavy atom. The lowest BCUT2D eigenvalue weighted by molar-refractivity contribution is -0.135. The summed E-state index contributed by atoms with van der Waals surface area (Å²) in [6.07, 6.45) is 6.59. The molecule has 1 aromatic rings. The summed E-state index contributed by atoms with van der Waals surface area (Å²) >= 11 is 1.38. The van der Waals surface area contributed by atoms with Gasteiger partial charge in [-0.05, 0) is 44.4 Å². The predicted octanol–water partition coefficient (Wildman–Crippen LogP) is 2.85.